The second kappa shape index (κ2) is 2.70. The van der Waals surface area contributed by atoms with E-state index in [1.807, 2.05) is 0 Å². The minimum atomic E-state index is -1.13. The van der Waals surface area contributed by atoms with Crippen molar-refractivity contribution in [3.05, 3.63) is 11.8 Å². The van der Waals surface area contributed by atoms with Gasteiger partial charge in [0.2, 0.25) is 5.76 Å². The van der Waals surface area contributed by atoms with Gasteiger partial charge in [0.1, 0.15) is 0 Å². The minimum absolute atomic E-state index is 0.154. The van der Waals surface area contributed by atoms with Gasteiger partial charge in [0, 0.05) is 6.42 Å². The van der Waals surface area contributed by atoms with E-state index in [2.05, 4.69) is 0 Å². The average Bonchev–Trinajstić information content (AvgIpc) is 1.88. The van der Waals surface area contributed by atoms with Gasteiger partial charge in [-0.1, -0.05) is 0 Å². The summed E-state index contributed by atoms with van der Waals surface area (Å²) in [4.78, 5) is 10.2. The Labute approximate surface area is 57.7 Å². The molecule has 56 valence electrons. The number of ether oxygens (including phenoxy) is 1. The Morgan fingerprint density at radius 3 is 2.90 bits per heavy atom. The van der Waals surface area contributed by atoms with Crippen LogP contribution in [0, 0.1) is 0 Å². The topological polar surface area (TPSA) is 66.8 Å². The summed E-state index contributed by atoms with van der Waals surface area (Å²) in [5.41, 5.74) is 0. The van der Waals surface area contributed by atoms with E-state index in [9.17, 15) is 4.79 Å². The van der Waals surface area contributed by atoms with Crippen LogP contribution >= 0.6 is 0 Å². The van der Waals surface area contributed by atoms with E-state index in [0.717, 1.165) is 0 Å². The fraction of sp³-hybridized carbons (Fsp3) is 0.500. The number of hydrogen-bond acceptors (Lipinski definition) is 3. The van der Waals surface area contributed by atoms with Crippen molar-refractivity contribution in [2.45, 2.75) is 12.5 Å². The largest absolute Gasteiger partial charge is 0.487 e. The van der Waals surface area contributed by atoms with E-state index < -0.39 is 12.1 Å². The van der Waals surface area contributed by atoms with Crippen molar-refractivity contribution in [2.24, 2.45) is 0 Å². The van der Waals surface area contributed by atoms with Gasteiger partial charge in [0.05, 0.1) is 12.7 Å². The van der Waals surface area contributed by atoms with Crippen molar-refractivity contribution in [3.8, 4) is 0 Å². The van der Waals surface area contributed by atoms with Crippen molar-refractivity contribution in [2.75, 3.05) is 6.61 Å². The Kier molecular flexibility index (Phi) is 1.91. The highest BCUT2D eigenvalue weighted by molar-refractivity contribution is 5.84. The van der Waals surface area contributed by atoms with Gasteiger partial charge in [0.25, 0.3) is 0 Å². The number of aliphatic hydroxyl groups excluding tert-OH is 1. The number of aliphatic carboxylic acids is 1. The Morgan fingerprint density at radius 1 is 1.80 bits per heavy atom. The van der Waals surface area contributed by atoms with Crippen LogP contribution in [0.3, 0.4) is 0 Å². The predicted octanol–water partition coefficient (Wildman–Crippen LogP) is -0.264. The SMILES string of the molecule is O=C(O)C1=C[C@H](O)CCO1. The van der Waals surface area contributed by atoms with Crippen LogP contribution in [0.1, 0.15) is 6.42 Å². The number of hydrogen-bond donors (Lipinski definition) is 2. The Bertz CT molecular complexity index is 173. The molecule has 0 aliphatic carbocycles. The molecule has 0 bridgehead atoms. The number of carboxylic acid groups (broad SMARTS) is 1. The van der Waals surface area contributed by atoms with E-state index in [-0.39, 0.29) is 12.4 Å². The van der Waals surface area contributed by atoms with Gasteiger partial charge < -0.3 is 14.9 Å². The molecule has 0 amide bonds. The maximum atomic E-state index is 10.2. The molecule has 0 aromatic heterocycles. The smallest absolute Gasteiger partial charge is 0.370 e. The van der Waals surface area contributed by atoms with Gasteiger partial charge in [-0.3, -0.25) is 0 Å². The lowest BCUT2D eigenvalue weighted by molar-refractivity contribution is -0.137. The summed E-state index contributed by atoms with van der Waals surface area (Å²) in [6.45, 7) is 0.277. The van der Waals surface area contributed by atoms with Crippen LogP contribution in [0.2, 0.25) is 0 Å². The maximum Gasteiger partial charge on any atom is 0.370 e. The van der Waals surface area contributed by atoms with Crippen LogP contribution in [-0.4, -0.2) is 28.9 Å². The lowest BCUT2D eigenvalue weighted by Crippen LogP contribution is -2.18. The molecule has 0 saturated carbocycles. The number of carboxylic acids is 1. The molecule has 4 heteroatoms. The summed E-state index contributed by atoms with van der Waals surface area (Å²) in [6, 6.07) is 0. The third kappa shape index (κ3) is 1.48. The molecule has 0 aromatic rings. The molecule has 0 unspecified atom stereocenters. The molecule has 1 atom stereocenters. The fourth-order valence-electron chi connectivity index (χ4n) is 0.729. The quantitative estimate of drug-likeness (QED) is 0.532. The molecule has 0 aromatic carbocycles. The van der Waals surface area contributed by atoms with Crippen LogP contribution in [0.5, 0.6) is 0 Å². The second-order valence-electron chi connectivity index (χ2n) is 2.04. The molecule has 4 nitrogen and oxygen atoms in total. The van der Waals surface area contributed by atoms with Crippen molar-refractivity contribution < 1.29 is 19.7 Å². The molecule has 1 aliphatic rings. The Morgan fingerprint density at radius 2 is 2.50 bits per heavy atom. The molecule has 1 aliphatic heterocycles. The lowest BCUT2D eigenvalue weighted by Gasteiger charge is -2.14. The monoisotopic (exact) mass is 144 g/mol. The van der Waals surface area contributed by atoms with Gasteiger partial charge in [-0.05, 0) is 6.08 Å². The summed E-state index contributed by atoms with van der Waals surface area (Å²) in [7, 11) is 0. The van der Waals surface area contributed by atoms with Crippen molar-refractivity contribution in [3.63, 3.8) is 0 Å². The standard InChI is InChI=1S/C6H8O4/c7-4-1-2-10-5(3-4)6(8)9/h3-4,7H,1-2H2,(H,8,9)/t4-/m1/s1. The fourth-order valence-corrected chi connectivity index (χ4v) is 0.729. The Balaban J connectivity index is 2.66. The van der Waals surface area contributed by atoms with E-state index in [1.165, 1.54) is 6.08 Å². The minimum Gasteiger partial charge on any atom is -0.487 e. The molecule has 0 fully saturated rings. The van der Waals surface area contributed by atoms with Crippen LogP contribution in [0.4, 0.5) is 0 Å². The molecule has 10 heavy (non-hydrogen) atoms. The zero-order chi connectivity index (χ0) is 7.56. The number of carbonyl (C=O) groups is 1. The molecule has 1 heterocycles. The number of aliphatic hydroxyl groups is 1. The van der Waals surface area contributed by atoms with Crippen molar-refractivity contribution in [1.29, 1.82) is 0 Å². The van der Waals surface area contributed by atoms with E-state index in [4.69, 9.17) is 14.9 Å². The predicted molar refractivity (Wildman–Crippen MR) is 32.3 cm³/mol. The van der Waals surface area contributed by atoms with Crippen molar-refractivity contribution in [1.82, 2.24) is 0 Å². The third-order valence-electron chi connectivity index (χ3n) is 1.23. The van der Waals surface area contributed by atoms with Gasteiger partial charge in [-0.2, -0.15) is 0 Å². The van der Waals surface area contributed by atoms with E-state index >= 15 is 0 Å². The highest BCUT2D eigenvalue weighted by Gasteiger charge is 2.16. The molecule has 0 radical (unpaired) electrons. The van der Waals surface area contributed by atoms with Gasteiger partial charge in [0.15, 0.2) is 0 Å². The molecule has 2 N–H and O–H groups in total. The Hall–Kier alpha value is -1.03. The second-order valence-corrected chi connectivity index (χ2v) is 2.04. The number of rotatable bonds is 1. The van der Waals surface area contributed by atoms with Gasteiger partial charge >= 0.3 is 5.97 Å². The van der Waals surface area contributed by atoms with Crippen LogP contribution in [0.25, 0.3) is 0 Å². The maximum absolute atomic E-state index is 10.2. The first-order valence-electron chi connectivity index (χ1n) is 2.96. The summed E-state index contributed by atoms with van der Waals surface area (Å²) in [6.07, 6.45) is 1.00. The van der Waals surface area contributed by atoms with Crippen LogP contribution < -0.4 is 0 Å². The highest BCUT2D eigenvalue weighted by Crippen LogP contribution is 2.09. The average molecular weight is 144 g/mol. The van der Waals surface area contributed by atoms with Crippen molar-refractivity contribution >= 4 is 5.97 Å². The normalized spacial score (nSPS) is 24.9. The highest BCUT2D eigenvalue weighted by atomic mass is 16.5. The molecular weight excluding hydrogens is 136 g/mol. The van der Waals surface area contributed by atoms with Gasteiger partial charge in [-0.25, -0.2) is 4.79 Å². The summed E-state index contributed by atoms with van der Waals surface area (Å²) in [5.74, 6) is -1.28. The summed E-state index contributed by atoms with van der Waals surface area (Å²) in [5, 5.41) is 17.3. The van der Waals surface area contributed by atoms with Crippen LogP contribution in [-0.2, 0) is 9.53 Å². The first kappa shape index (κ1) is 7.08. The molecule has 0 spiro atoms. The van der Waals surface area contributed by atoms with Gasteiger partial charge in [-0.15, -0.1) is 0 Å². The zero-order valence-electron chi connectivity index (χ0n) is 5.28. The van der Waals surface area contributed by atoms with Crippen LogP contribution in [0.15, 0.2) is 11.8 Å². The van der Waals surface area contributed by atoms with E-state index in [1.54, 1.807) is 0 Å². The first-order valence-corrected chi connectivity index (χ1v) is 2.96. The molecular formula is C6H8O4. The molecule has 0 saturated heterocycles. The third-order valence-corrected chi connectivity index (χ3v) is 1.23. The summed E-state index contributed by atoms with van der Waals surface area (Å²) < 4.78 is 4.71. The zero-order valence-corrected chi connectivity index (χ0v) is 5.28. The first-order chi connectivity index (χ1) is 4.70. The lowest BCUT2D eigenvalue weighted by atomic mass is 10.2. The van der Waals surface area contributed by atoms with E-state index in [0.29, 0.717) is 6.42 Å². The summed E-state index contributed by atoms with van der Waals surface area (Å²) >= 11 is 0. The molecule has 1 rings (SSSR count).